The van der Waals surface area contributed by atoms with Gasteiger partial charge in [0.25, 0.3) is 0 Å². The van der Waals surface area contributed by atoms with E-state index in [4.69, 9.17) is 27.9 Å². The van der Waals surface area contributed by atoms with Crippen LogP contribution in [0.3, 0.4) is 0 Å². The van der Waals surface area contributed by atoms with Crippen molar-refractivity contribution in [2.75, 3.05) is 0 Å². The van der Waals surface area contributed by atoms with Crippen LogP contribution < -0.4 is 0 Å². The van der Waals surface area contributed by atoms with Crippen LogP contribution in [-0.4, -0.2) is 17.3 Å². The molecule has 2 aromatic carbocycles. The first-order valence-corrected chi connectivity index (χ1v) is 10.8. The van der Waals surface area contributed by atoms with E-state index in [1.165, 1.54) is 0 Å². The standard InChI is InChI=1S/C25H18Cl2O4/c1-25(2)10-16(28)19-17(11-25)31-24-20(18(19)14-8-5-9-15(26)21(14)27)22(29)12-6-3-4-7-13(12)23(24)30/h3-9,18H,10-11H2,1-2H3. The zero-order valence-corrected chi connectivity index (χ0v) is 18.4. The second kappa shape index (κ2) is 6.91. The van der Waals surface area contributed by atoms with Crippen molar-refractivity contribution >= 4 is 40.6 Å². The topological polar surface area (TPSA) is 60.4 Å². The SMILES string of the molecule is CC1(C)CC(=O)C2=C(C1)OC1=C(C(=O)c3ccccc3C1=O)C2c1cccc(Cl)c1Cl. The number of ketones is 3. The van der Waals surface area contributed by atoms with E-state index in [2.05, 4.69) is 0 Å². The van der Waals surface area contributed by atoms with Crippen molar-refractivity contribution < 1.29 is 19.1 Å². The van der Waals surface area contributed by atoms with Crippen LogP contribution in [0.5, 0.6) is 0 Å². The first kappa shape index (κ1) is 20.2. The highest BCUT2D eigenvalue weighted by molar-refractivity contribution is 6.42. The van der Waals surface area contributed by atoms with Gasteiger partial charge in [-0.1, -0.05) is 73.4 Å². The number of benzene rings is 2. The maximum atomic E-state index is 13.6. The molecule has 3 aliphatic rings. The molecular formula is C25H18Cl2O4. The summed E-state index contributed by atoms with van der Waals surface area (Å²) in [5.74, 6) is -1.21. The Morgan fingerprint density at radius 1 is 0.871 bits per heavy atom. The maximum Gasteiger partial charge on any atom is 0.229 e. The Morgan fingerprint density at radius 3 is 2.26 bits per heavy atom. The van der Waals surface area contributed by atoms with E-state index < -0.39 is 5.92 Å². The Bertz CT molecular complexity index is 1270. The third-order valence-electron chi connectivity index (χ3n) is 6.09. The van der Waals surface area contributed by atoms with E-state index in [0.717, 1.165) is 0 Å². The summed E-state index contributed by atoms with van der Waals surface area (Å²) in [5.41, 5.74) is 1.34. The molecule has 4 nitrogen and oxygen atoms in total. The van der Waals surface area contributed by atoms with Gasteiger partial charge in [0, 0.05) is 29.5 Å². The van der Waals surface area contributed by atoms with Crippen molar-refractivity contribution in [1.82, 2.24) is 0 Å². The first-order chi connectivity index (χ1) is 14.7. The fourth-order valence-corrected chi connectivity index (χ4v) is 5.17. The van der Waals surface area contributed by atoms with Gasteiger partial charge in [-0.15, -0.1) is 0 Å². The molecule has 31 heavy (non-hydrogen) atoms. The van der Waals surface area contributed by atoms with Gasteiger partial charge in [-0.3, -0.25) is 14.4 Å². The number of allylic oxidation sites excluding steroid dienone is 4. The summed E-state index contributed by atoms with van der Waals surface area (Å²) >= 11 is 12.8. The van der Waals surface area contributed by atoms with E-state index >= 15 is 0 Å². The largest absolute Gasteiger partial charge is 0.457 e. The van der Waals surface area contributed by atoms with Crippen LogP contribution in [0, 0.1) is 5.41 Å². The third-order valence-corrected chi connectivity index (χ3v) is 6.92. The van der Waals surface area contributed by atoms with Gasteiger partial charge in [0.1, 0.15) is 5.76 Å². The van der Waals surface area contributed by atoms with Crippen LogP contribution in [0.25, 0.3) is 0 Å². The van der Waals surface area contributed by atoms with E-state index in [9.17, 15) is 14.4 Å². The molecular weight excluding hydrogens is 435 g/mol. The monoisotopic (exact) mass is 452 g/mol. The smallest absolute Gasteiger partial charge is 0.229 e. The summed E-state index contributed by atoms with van der Waals surface area (Å²) in [6.07, 6.45) is 0.786. The fraction of sp³-hybridized carbons (Fsp3) is 0.240. The van der Waals surface area contributed by atoms with Crippen molar-refractivity contribution in [3.8, 4) is 0 Å². The van der Waals surface area contributed by atoms with Crippen LogP contribution in [0.2, 0.25) is 10.0 Å². The minimum Gasteiger partial charge on any atom is -0.457 e. The lowest BCUT2D eigenvalue weighted by Gasteiger charge is -2.40. The molecule has 1 aliphatic heterocycles. The predicted octanol–water partition coefficient (Wildman–Crippen LogP) is 6.08. The first-order valence-electron chi connectivity index (χ1n) is 10.0. The number of Topliss-reactive ketones (excluding diaryl/α,β-unsaturated/α-hetero) is 3. The zero-order chi connectivity index (χ0) is 22.1. The van der Waals surface area contributed by atoms with Gasteiger partial charge < -0.3 is 4.74 Å². The van der Waals surface area contributed by atoms with Crippen LogP contribution in [-0.2, 0) is 9.53 Å². The highest BCUT2D eigenvalue weighted by Gasteiger charge is 2.49. The molecule has 0 spiro atoms. The maximum absolute atomic E-state index is 13.6. The van der Waals surface area contributed by atoms with E-state index in [1.54, 1.807) is 42.5 Å². The molecule has 0 bridgehead atoms. The highest BCUT2D eigenvalue weighted by atomic mass is 35.5. The van der Waals surface area contributed by atoms with Gasteiger partial charge in [0.2, 0.25) is 5.78 Å². The summed E-state index contributed by atoms with van der Waals surface area (Å²) < 4.78 is 6.05. The molecule has 0 saturated carbocycles. The van der Waals surface area contributed by atoms with Crippen LogP contribution >= 0.6 is 23.2 Å². The number of carbonyl (C=O) groups excluding carboxylic acids is 3. The molecule has 156 valence electrons. The number of carbonyl (C=O) groups is 3. The quantitative estimate of drug-likeness (QED) is 0.525. The van der Waals surface area contributed by atoms with Gasteiger partial charge in [0.05, 0.1) is 21.5 Å². The van der Waals surface area contributed by atoms with Crippen LogP contribution in [0.1, 0.15) is 58.9 Å². The highest BCUT2D eigenvalue weighted by Crippen LogP contribution is 2.52. The molecule has 2 aromatic rings. The Balaban J connectivity index is 1.80. The Morgan fingerprint density at radius 2 is 1.55 bits per heavy atom. The van der Waals surface area contributed by atoms with Gasteiger partial charge in [-0.05, 0) is 17.0 Å². The predicted molar refractivity (Wildman–Crippen MR) is 117 cm³/mol. The van der Waals surface area contributed by atoms with E-state index in [0.29, 0.717) is 45.9 Å². The average Bonchev–Trinajstić information content (AvgIpc) is 2.72. The molecule has 0 fully saturated rings. The van der Waals surface area contributed by atoms with E-state index in [1.807, 2.05) is 13.8 Å². The zero-order valence-electron chi connectivity index (χ0n) is 16.9. The van der Waals surface area contributed by atoms with Crippen molar-refractivity contribution in [3.05, 3.63) is 91.9 Å². The lowest BCUT2D eigenvalue weighted by atomic mass is 9.67. The summed E-state index contributed by atoms with van der Waals surface area (Å²) in [6, 6.07) is 11.8. The lowest BCUT2D eigenvalue weighted by molar-refractivity contribution is -0.119. The third kappa shape index (κ3) is 3.00. The second-order valence-corrected chi connectivity index (χ2v) is 9.69. The molecule has 0 saturated heterocycles. The molecule has 1 unspecified atom stereocenters. The fourth-order valence-electron chi connectivity index (χ4n) is 4.75. The van der Waals surface area contributed by atoms with Crippen LogP contribution in [0.15, 0.2) is 65.1 Å². The molecule has 0 amide bonds. The van der Waals surface area contributed by atoms with Gasteiger partial charge in [-0.25, -0.2) is 0 Å². The number of hydrogen-bond acceptors (Lipinski definition) is 4. The molecule has 0 aromatic heterocycles. The molecule has 0 radical (unpaired) electrons. The molecule has 5 rings (SSSR count). The molecule has 6 heteroatoms. The minimum atomic E-state index is -0.807. The summed E-state index contributed by atoms with van der Waals surface area (Å²) in [6.45, 7) is 3.96. The Labute approximate surface area is 189 Å². The molecule has 1 atom stereocenters. The number of rotatable bonds is 1. The van der Waals surface area contributed by atoms with Crippen molar-refractivity contribution in [1.29, 1.82) is 0 Å². The average molecular weight is 453 g/mol. The number of halogens is 2. The normalized spacial score (nSPS) is 22.1. The Hall–Kier alpha value is -2.69. The van der Waals surface area contributed by atoms with Crippen LogP contribution in [0.4, 0.5) is 0 Å². The van der Waals surface area contributed by atoms with Crippen molar-refractivity contribution in [2.24, 2.45) is 5.41 Å². The number of fused-ring (bicyclic) bond motifs is 1. The summed E-state index contributed by atoms with van der Waals surface area (Å²) in [7, 11) is 0. The summed E-state index contributed by atoms with van der Waals surface area (Å²) in [5, 5.41) is 0.569. The minimum absolute atomic E-state index is 0.0195. The van der Waals surface area contributed by atoms with Gasteiger partial charge in [0.15, 0.2) is 17.3 Å². The number of ether oxygens (including phenoxy) is 1. The summed E-state index contributed by atoms with van der Waals surface area (Å²) in [4.78, 5) is 40.2. The Kier molecular flexibility index (Phi) is 4.51. The second-order valence-electron chi connectivity index (χ2n) is 8.90. The molecule has 1 heterocycles. The molecule has 0 N–H and O–H groups in total. The molecule has 2 aliphatic carbocycles. The lowest BCUT2D eigenvalue weighted by Crippen LogP contribution is -2.37. The van der Waals surface area contributed by atoms with E-state index in [-0.39, 0.29) is 39.1 Å². The van der Waals surface area contributed by atoms with Gasteiger partial charge in [-0.2, -0.15) is 0 Å². The number of hydrogen-bond donors (Lipinski definition) is 0. The van der Waals surface area contributed by atoms with Gasteiger partial charge >= 0.3 is 0 Å². The van der Waals surface area contributed by atoms with Crippen molar-refractivity contribution in [2.45, 2.75) is 32.6 Å². The van der Waals surface area contributed by atoms with Crippen molar-refractivity contribution in [3.63, 3.8) is 0 Å².